The van der Waals surface area contributed by atoms with Gasteiger partial charge in [-0.25, -0.2) is 0 Å². The van der Waals surface area contributed by atoms with Crippen molar-refractivity contribution in [1.82, 2.24) is 15.0 Å². The van der Waals surface area contributed by atoms with Crippen LogP contribution in [0.2, 0.25) is 5.28 Å². The zero-order valence-corrected chi connectivity index (χ0v) is 16.1. The molecular weight excluding hydrogens is 384 g/mol. The number of nitrogens with one attached hydrogen (secondary N) is 1. The average molecular weight is 399 g/mol. The molecule has 1 aromatic heterocycles. The van der Waals surface area contributed by atoms with Crippen LogP contribution in [0.15, 0.2) is 67.3 Å². The molecule has 1 N–H and O–H groups in total. The highest BCUT2D eigenvalue weighted by Crippen LogP contribution is 2.42. The van der Waals surface area contributed by atoms with E-state index in [1.54, 1.807) is 6.08 Å². The van der Waals surface area contributed by atoms with Crippen LogP contribution in [0.25, 0.3) is 33.3 Å². The maximum atomic E-state index is 13.1. The quantitative estimate of drug-likeness (QED) is 0.424. The molecule has 0 fully saturated rings. The molecule has 0 atom stereocenters. The zero-order valence-electron chi connectivity index (χ0n) is 15.3. The molecule has 29 heavy (non-hydrogen) atoms. The highest BCUT2D eigenvalue weighted by atomic mass is 35.5. The van der Waals surface area contributed by atoms with Crippen LogP contribution >= 0.6 is 11.6 Å². The minimum absolute atomic E-state index is 0.0258. The lowest BCUT2D eigenvalue weighted by Crippen LogP contribution is -2.10. The van der Waals surface area contributed by atoms with Gasteiger partial charge in [-0.2, -0.15) is 15.0 Å². The Bertz CT molecular complexity index is 1320. The van der Waals surface area contributed by atoms with E-state index >= 15 is 0 Å². The second-order valence-corrected chi connectivity index (χ2v) is 7.02. The zero-order chi connectivity index (χ0) is 20.0. The molecule has 0 aliphatic heterocycles. The molecule has 5 rings (SSSR count). The van der Waals surface area contributed by atoms with Crippen LogP contribution in [-0.2, 0) is 0 Å². The number of anilines is 1. The second-order valence-electron chi connectivity index (χ2n) is 6.68. The van der Waals surface area contributed by atoms with Gasteiger partial charge in [0.25, 0.3) is 0 Å². The Morgan fingerprint density at radius 1 is 0.862 bits per heavy atom. The van der Waals surface area contributed by atoms with E-state index in [0.29, 0.717) is 23.9 Å². The van der Waals surface area contributed by atoms with Crippen LogP contribution in [0.1, 0.15) is 15.9 Å². The minimum atomic E-state index is 0.0258. The van der Waals surface area contributed by atoms with Crippen molar-refractivity contribution in [2.24, 2.45) is 0 Å². The number of carbonyl (C=O) groups is 1. The van der Waals surface area contributed by atoms with E-state index in [1.807, 2.05) is 54.6 Å². The summed E-state index contributed by atoms with van der Waals surface area (Å²) in [5, 5.41) is 4.95. The van der Waals surface area contributed by atoms with Crippen LogP contribution in [0.4, 0.5) is 5.95 Å². The van der Waals surface area contributed by atoms with Crippen LogP contribution in [0.3, 0.4) is 0 Å². The summed E-state index contributed by atoms with van der Waals surface area (Å²) in [5.74, 6) is 0.853. The third-order valence-electron chi connectivity index (χ3n) is 5.00. The van der Waals surface area contributed by atoms with Crippen molar-refractivity contribution in [3.8, 4) is 22.5 Å². The highest BCUT2D eigenvalue weighted by molar-refractivity contribution is 6.29. The van der Waals surface area contributed by atoms with Gasteiger partial charge >= 0.3 is 0 Å². The fourth-order valence-corrected chi connectivity index (χ4v) is 3.95. The number of hydrogen-bond donors (Lipinski definition) is 1. The number of halogens is 1. The minimum Gasteiger partial charge on any atom is -0.351 e. The summed E-state index contributed by atoms with van der Waals surface area (Å²) >= 11 is 6.14. The molecule has 6 heteroatoms. The Hall–Kier alpha value is -3.57. The van der Waals surface area contributed by atoms with Crippen molar-refractivity contribution in [1.29, 1.82) is 0 Å². The molecular formula is C23H15ClN4O. The van der Waals surface area contributed by atoms with E-state index in [0.717, 1.165) is 33.0 Å². The van der Waals surface area contributed by atoms with E-state index in [-0.39, 0.29) is 11.1 Å². The Morgan fingerprint density at radius 3 is 2.45 bits per heavy atom. The lowest BCUT2D eigenvalue weighted by molar-refractivity contribution is 0.104. The number of ketones is 1. The average Bonchev–Trinajstić information content (AvgIpc) is 2.75. The van der Waals surface area contributed by atoms with Crippen LogP contribution in [0, 0.1) is 0 Å². The van der Waals surface area contributed by atoms with Gasteiger partial charge in [0.15, 0.2) is 11.6 Å². The summed E-state index contributed by atoms with van der Waals surface area (Å²) in [6.45, 7) is 4.19. The Labute approximate surface area is 172 Å². The third kappa shape index (κ3) is 2.79. The Balaban J connectivity index is 1.78. The lowest BCUT2D eigenvalue weighted by Gasteiger charge is -2.21. The van der Waals surface area contributed by atoms with Gasteiger partial charge in [0, 0.05) is 28.6 Å². The van der Waals surface area contributed by atoms with Gasteiger partial charge < -0.3 is 5.32 Å². The first-order valence-corrected chi connectivity index (χ1v) is 9.51. The maximum Gasteiger partial charge on any atom is 0.227 e. The summed E-state index contributed by atoms with van der Waals surface area (Å²) in [6.07, 6.45) is 1.71. The molecule has 0 bridgehead atoms. The van der Waals surface area contributed by atoms with Crippen LogP contribution in [0.5, 0.6) is 0 Å². The van der Waals surface area contributed by atoms with Crippen molar-refractivity contribution >= 4 is 34.1 Å². The smallest absolute Gasteiger partial charge is 0.227 e. The number of rotatable bonds is 4. The summed E-state index contributed by atoms with van der Waals surface area (Å²) in [5.41, 5.74) is 4.17. The largest absolute Gasteiger partial charge is 0.351 e. The molecule has 3 aromatic carbocycles. The third-order valence-corrected chi connectivity index (χ3v) is 5.17. The van der Waals surface area contributed by atoms with Crippen LogP contribution in [-0.4, -0.2) is 27.3 Å². The van der Waals surface area contributed by atoms with Gasteiger partial charge in [-0.05, 0) is 34.2 Å². The monoisotopic (exact) mass is 398 g/mol. The molecule has 1 heterocycles. The van der Waals surface area contributed by atoms with Crippen molar-refractivity contribution in [2.75, 3.05) is 11.9 Å². The molecule has 0 radical (unpaired) electrons. The molecule has 4 aromatic rings. The number of nitrogens with zero attached hydrogens (tertiary/aromatic N) is 3. The molecule has 140 valence electrons. The lowest BCUT2D eigenvalue weighted by atomic mass is 9.82. The molecule has 1 aliphatic carbocycles. The van der Waals surface area contributed by atoms with E-state index in [9.17, 15) is 4.79 Å². The van der Waals surface area contributed by atoms with Gasteiger partial charge in [-0.15, -0.1) is 6.58 Å². The fraction of sp³-hybridized carbons (Fsp3) is 0.0435. The van der Waals surface area contributed by atoms with E-state index in [2.05, 4.69) is 26.8 Å². The highest BCUT2D eigenvalue weighted by Gasteiger charge is 2.26. The topological polar surface area (TPSA) is 67.8 Å². The number of hydrogen-bond acceptors (Lipinski definition) is 5. The number of fused-ring (bicyclic) bond motifs is 2. The predicted octanol–water partition coefficient (Wildman–Crippen LogP) is 5.15. The van der Waals surface area contributed by atoms with Gasteiger partial charge in [0.05, 0.1) is 0 Å². The number of carbonyl (C=O) groups excluding carboxylic acids is 1. The molecule has 0 saturated carbocycles. The van der Waals surface area contributed by atoms with Crippen LogP contribution < -0.4 is 5.32 Å². The summed E-state index contributed by atoms with van der Waals surface area (Å²) in [7, 11) is 0. The van der Waals surface area contributed by atoms with Crippen molar-refractivity contribution in [3.63, 3.8) is 0 Å². The summed E-state index contributed by atoms with van der Waals surface area (Å²) in [4.78, 5) is 26.0. The first-order chi connectivity index (χ1) is 14.2. The number of aromatic nitrogens is 3. The van der Waals surface area contributed by atoms with E-state index in [4.69, 9.17) is 11.6 Å². The SMILES string of the molecule is C=CCNc1nc(Cl)nc(-c2ccc3c4c(cccc24)C(=O)c2ccccc2-3)n1. The Kier molecular flexibility index (Phi) is 4.11. The first-order valence-electron chi connectivity index (χ1n) is 9.14. The van der Waals surface area contributed by atoms with Gasteiger partial charge in [-0.1, -0.05) is 54.6 Å². The Morgan fingerprint density at radius 2 is 1.62 bits per heavy atom. The first kappa shape index (κ1) is 17.5. The van der Waals surface area contributed by atoms with E-state index in [1.165, 1.54) is 0 Å². The molecule has 0 amide bonds. The van der Waals surface area contributed by atoms with Gasteiger partial charge in [-0.3, -0.25) is 4.79 Å². The van der Waals surface area contributed by atoms with E-state index < -0.39 is 0 Å². The predicted molar refractivity (Wildman–Crippen MR) is 115 cm³/mol. The fourth-order valence-electron chi connectivity index (χ4n) is 3.79. The standard InChI is InChI=1S/C23H15ClN4O/c1-2-12-25-23-27-21(26-22(24)28-23)17-11-10-15-13-6-3-4-7-16(13)20(29)18-9-5-8-14(17)19(15)18/h2-11H,1,12H2,(H,25,26,27,28). The van der Waals surface area contributed by atoms with Crippen molar-refractivity contribution in [2.45, 2.75) is 0 Å². The maximum absolute atomic E-state index is 13.1. The number of benzene rings is 3. The molecule has 1 aliphatic rings. The van der Waals surface area contributed by atoms with Crippen molar-refractivity contribution in [3.05, 3.63) is 83.7 Å². The second kappa shape index (κ2) is 6.79. The van der Waals surface area contributed by atoms with Gasteiger partial charge in [0.2, 0.25) is 11.2 Å². The van der Waals surface area contributed by atoms with Crippen molar-refractivity contribution < 1.29 is 4.79 Å². The molecule has 0 saturated heterocycles. The molecule has 0 spiro atoms. The molecule has 0 unspecified atom stereocenters. The summed E-state index contributed by atoms with van der Waals surface area (Å²) < 4.78 is 0. The summed E-state index contributed by atoms with van der Waals surface area (Å²) in [6, 6.07) is 17.4. The normalized spacial score (nSPS) is 12.0. The molecule has 5 nitrogen and oxygen atoms in total. The van der Waals surface area contributed by atoms with Gasteiger partial charge in [0.1, 0.15) is 0 Å².